The molecule has 0 radical (unpaired) electrons. The lowest BCUT2D eigenvalue weighted by molar-refractivity contribution is 0.158. The largest absolute Gasteiger partial charge is 0.494 e. The average molecular weight is 319 g/mol. The van der Waals surface area contributed by atoms with E-state index in [0.29, 0.717) is 25.1 Å². The lowest BCUT2D eigenvalue weighted by atomic mass is 9.80. The highest BCUT2D eigenvalue weighted by atomic mass is 16.5. The van der Waals surface area contributed by atoms with E-state index in [1.54, 1.807) is 0 Å². The Morgan fingerprint density at radius 1 is 1.30 bits per heavy atom. The van der Waals surface area contributed by atoms with Crippen molar-refractivity contribution in [2.75, 3.05) is 26.7 Å². The summed E-state index contributed by atoms with van der Waals surface area (Å²) in [6.45, 7) is 11.4. The quantitative estimate of drug-likeness (QED) is 0.894. The predicted molar refractivity (Wildman–Crippen MR) is 98.4 cm³/mol. The van der Waals surface area contributed by atoms with Gasteiger partial charge in [-0.1, -0.05) is 39.3 Å². The maximum Gasteiger partial charge on any atom is 0.122 e. The molecule has 0 amide bonds. The minimum atomic E-state index is 0.136. The molecule has 0 bridgehead atoms. The number of nitrogens with two attached hydrogens (primary N) is 1. The van der Waals surface area contributed by atoms with Crippen LogP contribution in [0.1, 0.15) is 64.0 Å². The number of likely N-dealkylation sites (N-methyl/N-ethyl adjacent to an activating group) is 1. The molecule has 3 heteroatoms. The van der Waals surface area contributed by atoms with Gasteiger partial charge in [0, 0.05) is 24.1 Å². The molecule has 2 unspecified atom stereocenters. The molecule has 3 nitrogen and oxygen atoms in total. The third-order valence-corrected chi connectivity index (χ3v) is 5.12. The van der Waals surface area contributed by atoms with Gasteiger partial charge in [0.15, 0.2) is 0 Å². The number of rotatable bonds is 5. The molecule has 1 fully saturated rings. The third kappa shape index (κ3) is 4.27. The molecule has 130 valence electrons. The Morgan fingerprint density at radius 3 is 2.61 bits per heavy atom. The minimum Gasteiger partial charge on any atom is -0.494 e. The van der Waals surface area contributed by atoms with Crippen molar-refractivity contribution in [2.24, 2.45) is 5.73 Å². The lowest BCUT2D eigenvalue weighted by Gasteiger charge is -2.38. The molecule has 0 aliphatic carbocycles. The lowest BCUT2D eigenvalue weighted by Crippen LogP contribution is -2.43. The van der Waals surface area contributed by atoms with E-state index in [1.165, 1.54) is 36.9 Å². The topological polar surface area (TPSA) is 38.5 Å². The van der Waals surface area contributed by atoms with Crippen molar-refractivity contribution in [3.8, 4) is 5.75 Å². The van der Waals surface area contributed by atoms with Gasteiger partial charge in [0.25, 0.3) is 0 Å². The molecule has 2 N–H and O–H groups in total. The summed E-state index contributed by atoms with van der Waals surface area (Å²) < 4.78 is 5.94. The number of ether oxygens (including phenoxy) is 1. The van der Waals surface area contributed by atoms with E-state index in [1.807, 2.05) is 6.92 Å². The summed E-state index contributed by atoms with van der Waals surface area (Å²) in [7, 11) is 2.24. The van der Waals surface area contributed by atoms with Crippen LogP contribution in [0.15, 0.2) is 18.2 Å². The van der Waals surface area contributed by atoms with Crippen molar-refractivity contribution < 1.29 is 4.74 Å². The van der Waals surface area contributed by atoms with Gasteiger partial charge in [-0.15, -0.1) is 0 Å². The second-order valence-electron chi connectivity index (χ2n) is 7.82. The van der Waals surface area contributed by atoms with Gasteiger partial charge in [-0.25, -0.2) is 0 Å². The van der Waals surface area contributed by atoms with Crippen molar-refractivity contribution in [1.29, 1.82) is 0 Å². The number of benzene rings is 1. The first-order valence-electron chi connectivity index (χ1n) is 9.06. The molecule has 1 aliphatic heterocycles. The van der Waals surface area contributed by atoms with Crippen molar-refractivity contribution in [1.82, 2.24) is 4.90 Å². The first-order chi connectivity index (χ1) is 10.9. The fraction of sp³-hybridized carbons (Fsp3) is 0.700. The molecule has 1 aromatic carbocycles. The van der Waals surface area contributed by atoms with Crippen LogP contribution in [0.25, 0.3) is 0 Å². The Labute approximate surface area is 142 Å². The normalized spacial score (nSPS) is 21.2. The van der Waals surface area contributed by atoms with Gasteiger partial charge in [0.1, 0.15) is 5.75 Å². The number of hydrogen-bond donors (Lipinski definition) is 1. The molecule has 0 aromatic heterocycles. The zero-order valence-corrected chi connectivity index (χ0v) is 15.6. The first kappa shape index (κ1) is 18.3. The van der Waals surface area contributed by atoms with Crippen molar-refractivity contribution in [2.45, 2.75) is 64.3 Å². The third-order valence-electron chi connectivity index (χ3n) is 5.12. The van der Waals surface area contributed by atoms with E-state index in [2.05, 4.69) is 50.9 Å². The maximum atomic E-state index is 6.24. The van der Waals surface area contributed by atoms with Gasteiger partial charge < -0.3 is 15.4 Å². The van der Waals surface area contributed by atoms with E-state index < -0.39 is 0 Å². The molecule has 1 aliphatic rings. The zero-order valence-electron chi connectivity index (χ0n) is 15.6. The Bertz CT molecular complexity index is 507. The van der Waals surface area contributed by atoms with Crippen LogP contribution in [0.4, 0.5) is 0 Å². The van der Waals surface area contributed by atoms with E-state index in [-0.39, 0.29) is 5.41 Å². The van der Waals surface area contributed by atoms with E-state index in [0.717, 1.165) is 5.75 Å². The molecule has 2 atom stereocenters. The van der Waals surface area contributed by atoms with Crippen LogP contribution in [-0.2, 0) is 5.41 Å². The summed E-state index contributed by atoms with van der Waals surface area (Å²) in [5.41, 5.74) is 9.02. The maximum absolute atomic E-state index is 6.24. The van der Waals surface area contributed by atoms with Crippen LogP contribution < -0.4 is 10.5 Å². The van der Waals surface area contributed by atoms with Gasteiger partial charge >= 0.3 is 0 Å². The van der Waals surface area contributed by atoms with Crippen LogP contribution in [0.5, 0.6) is 5.75 Å². The van der Waals surface area contributed by atoms with Crippen LogP contribution in [-0.4, -0.2) is 37.7 Å². The molecule has 1 saturated heterocycles. The van der Waals surface area contributed by atoms with Crippen LogP contribution >= 0.6 is 0 Å². The smallest absolute Gasteiger partial charge is 0.122 e. The van der Waals surface area contributed by atoms with Gasteiger partial charge in [-0.3, -0.25) is 0 Å². The Kier molecular flexibility index (Phi) is 6.10. The Morgan fingerprint density at radius 2 is 2.04 bits per heavy atom. The monoisotopic (exact) mass is 318 g/mol. The van der Waals surface area contributed by atoms with Gasteiger partial charge in [-0.2, -0.15) is 0 Å². The molecule has 0 saturated carbocycles. The van der Waals surface area contributed by atoms with Crippen LogP contribution in [0, 0.1) is 0 Å². The fourth-order valence-electron chi connectivity index (χ4n) is 3.69. The number of hydrogen-bond acceptors (Lipinski definition) is 3. The summed E-state index contributed by atoms with van der Waals surface area (Å²) in [4.78, 5) is 2.49. The van der Waals surface area contributed by atoms with E-state index >= 15 is 0 Å². The second-order valence-corrected chi connectivity index (χ2v) is 7.82. The highest BCUT2D eigenvalue weighted by Crippen LogP contribution is 2.37. The number of nitrogens with zero attached hydrogens (tertiary/aromatic N) is 1. The predicted octanol–water partition coefficient (Wildman–Crippen LogP) is 3.91. The van der Waals surface area contributed by atoms with E-state index in [9.17, 15) is 0 Å². The van der Waals surface area contributed by atoms with Crippen molar-refractivity contribution in [3.63, 3.8) is 0 Å². The number of piperidine rings is 1. The van der Waals surface area contributed by atoms with Gasteiger partial charge in [0.2, 0.25) is 0 Å². The van der Waals surface area contributed by atoms with Crippen molar-refractivity contribution in [3.05, 3.63) is 29.3 Å². The summed E-state index contributed by atoms with van der Waals surface area (Å²) in [6.07, 6.45) is 3.82. The molecule has 1 aromatic rings. The summed E-state index contributed by atoms with van der Waals surface area (Å²) in [5, 5.41) is 0. The summed E-state index contributed by atoms with van der Waals surface area (Å²) >= 11 is 0. The standard InChI is InChI=1S/C20H34N2O/c1-6-23-19-11-10-15(20(2,3)4)13-16(19)17(14-21)18-9-7-8-12-22(18)5/h10-11,13,17-18H,6-9,12,14,21H2,1-5H3. The minimum absolute atomic E-state index is 0.136. The van der Waals surface area contributed by atoms with Gasteiger partial charge in [-0.05, 0) is 50.4 Å². The molecule has 0 spiro atoms. The Balaban J connectivity index is 2.43. The van der Waals surface area contributed by atoms with Crippen LogP contribution in [0.2, 0.25) is 0 Å². The highest BCUT2D eigenvalue weighted by Gasteiger charge is 2.30. The Hall–Kier alpha value is -1.06. The number of likely N-dealkylation sites (tertiary alicyclic amines) is 1. The molecule has 2 rings (SSSR count). The van der Waals surface area contributed by atoms with Crippen molar-refractivity contribution >= 4 is 0 Å². The second kappa shape index (κ2) is 7.67. The first-order valence-corrected chi connectivity index (χ1v) is 9.06. The summed E-state index contributed by atoms with van der Waals surface area (Å²) in [5.74, 6) is 1.35. The fourth-order valence-corrected chi connectivity index (χ4v) is 3.69. The average Bonchev–Trinajstić information content (AvgIpc) is 2.50. The molecule has 23 heavy (non-hydrogen) atoms. The van der Waals surface area contributed by atoms with Crippen LogP contribution in [0.3, 0.4) is 0 Å². The summed E-state index contributed by atoms with van der Waals surface area (Å²) in [6, 6.07) is 7.20. The SMILES string of the molecule is CCOc1ccc(C(C)(C)C)cc1C(CN)C1CCCCN1C. The molecule has 1 heterocycles. The van der Waals surface area contributed by atoms with E-state index in [4.69, 9.17) is 10.5 Å². The van der Waals surface area contributed by atoms with Gasteiger partial charge in [0.05, 0.1) is 6.61 Å². The molecular formula is C20H34N2O. The highest BCUT2D eigenvalue weighted by molar-refractivity contribution is 5.43. The molecular weight excluding hydrogens is 284 g/mol. The zero-order chi connectivity index (χ0) is 17.0.